The van der Waals surface area contributed by atoms with E-state index in [9.17, 15) is 9.59 Å². The number of carbonyl (C=O) groups is 2. The highest BCUT2D eigenvalue weighted by molar-refractivity contribution is 6.00. The molecule has 0 atom stereocenters. The monoisotopic (exact) mass is 128 g/mol. The molecular weight excluding hydrogens is 120 g/mol. The summed E-state index contributed by atoms with van der Waals surface area (Å²) in [7, 11) is 1.66. The number of hydrogen-bond acceptors (Lipinski definition) is 3. The van der Waals surface area contributed by atoms with Gasteiger partial charge in [-0.1, -0.05) is 0 Å². The third kappa shape index (κ3) is 1.50. The largest absolute Gasteiger partial charge is 0.298 e. The van der Waals surface area contributed by atoms with Gasteiger partial charge in [0, 0.05) is 7.05 Å². The number of likely N-dealkylation sites (N-methyl/N-ethyl adjacent to an activating group) is 1. The first-order chi connectivity index (χ1) is 4.18. The molecule has 9 heavy (non-hydrogen) atoms. The normalized spacial score (nSPS) is 21.9. The topological polar surface area (TPSA) is 49.4 Å². The van der Waals surface area contributed by atoms with Crippen molar-refractivity contribution in [1.82, 2.24) is 10.4 Å². The number of nitrogens with one attached hydrogen (secondary N) is 1. The molecule has 0 radical (unpaired) electrons. The van der Waals surface area contributed by atoms with Gasteiger partial charge in [0.25, 0.3) is 0 Å². The van der Waals surface area contributed by atoms with E-state index in [1.165, 1.54) is 5.01 Å². The number of amides is 1. The summed E-state index contributed by atoms with van der Waals surface area (Å²) in [6, 6.07) is 0. The van der Waals surface area contributed by atoms with Crippen LogP contribution in [0.3, 0.4) is 0 Å². The van der Waals surface area contributed by atoms with Crippen LogP contribution in [0.4, 0.5) is 0 Å². The molecule has 0 aliphatic carbocycles. The van der Waals surface area contributed by atoms with Crippen LogP contribution in [0.2, 0.25) is 0 Å². The van der Waals surface area contributed by atoms with Crippen LogP contribution < -0.4 is 5.43 Å². The second-order valence-corrected chi connectivity index (χ2v) is 2.11. The van der Waals surface area contributed by atoms with E-state index in [2.05, 4.69) is 5.43 Å². The highest BCUT2D eigenvalue weighted by Crippen LogP contribution is 1.92. The molecule has 0 unspecified atom stereocenters. The van der Waals surface area contributed by atoms with Crippen molar-refractivity contribution >= 4 is 11.7 Å². The van der Waals surface area contributed by atoms with Crippen molar-refractivity contribution in [3.63, 3.8) is 0 Å². The molecule has 0 spiro atoms. The van der Waals surface area contributed by atoms with Crippen LogP contribution in [0.15, 0.2) is 0 Å². The maximum atomic E-state index is 10.6. The summed E-state index contributed by atoms with van der Waals surface area (Å²) in [5, 5.41) is 1.48. The first-order valence-corrected chi connectivity index (χ1v) is 2.71. The second kappa shape index (κ2) is 2.14. The van der Waals surface area contributed by atoms with Crippen molar-refractivity contribution in [1.29, 1.82) is 0 Å². The molecule has 1 aliphatic rings. The fraction of sp³-hybridized carbons (Fsp3) is 0.600. The van der Waals surface area contributed by atoms with Crippen molar-refractivity contribution in [3.05, 3.63) is 0 Å². The number of ketones is 1. The van der Waals surface area contributed by atoms with Crippen LogP contribution in [0.1, 0.15) is 6.42 Å². The van der Waals surface area contributed by atoms with Gasteiger partial charge in [-0.25, -0.2) is 5.01 Å². The summed E-state index contributed by atoms with van der Waals surface area (Å²) in [4.78, 5) is 21.1. The van der Waals surface area contributed by atoms with Crippen molar-refractivity contribution in [2.75, 3.05) is 13.6 Å². The van der Waals surface area contributed by atoms with Crippen LogP contribution in [0.25, 0.3) is 0 Å². The third-order valence-corrected chi connectivity index (χ3v) is 1.09. The zero-order valence-electron chi connectivity index (χ0n) is 5.18. The van der Waals surface area contributed by atoms with Crippen molar-refractivity contribution in [3.8, 4) is 0 Å². The number of carbonyl (C=O) groups excluding carboxylic acids is 2. The van der Waals surface area contributed by atoms with Gasteiger partial charge < -0.3 is 0 Å². The summed E-state index contributed by atoms with van der Waals surface area (Å²) >= 11 is 0. The lowest BCUT2D eigenvalue weighted by atomic mass is 10.2. The zero-order chi connectivity index (χ0) is 6.85. The molecule has 1 aliphatic heterocycles. The molecule has 50 valence electrons. The molecule has 4 heteroatoms. The van der Waals surface area contributed by atoms with Gasteiger partial charge in [0.05, 0.1) is 13.0 Å². The SMILES string of the molecule is CN1CC(=O)CC(=O)N1. The van der Waals surface area contributed by atoms with E-state index in [1.807, 2.05) is 0 Å². The Morgan fingerprint density at radius 1 is 1.56 bits per heavy atom. The highest BCUT2D eigenvalue weighted by Gasteiger charge is 2.18. The number of hydrazine groups is 1. The summed E-state index contributed by atoms with van der Waals surface area (Å²) in [5.41, 5.74) is 2.48. The number of hydrogen-bond donors (Lipinski definition) is 1. The fourth-order valence-corrected chi connectivity index (χ4v) is 0.791. The summed E-state index contributed by atoms with van der Waals surface area (Å²) in [5.74, 6) is -0.241. The minimum Gasteiger partial charge on any atom is -0.298 e. The first-order valence-electron chi connectivity index (χ1n) is 2.71. The molecule has 0 saturated carbocycles. The first kappa shape index (κ1) is 6.22. The second-order valence-electron chi connectivity index (χ2n) is 2.11. The lowest BCUT2D eigenvalue weighted by Gasteiger charge is -2.21. The van der Waals surface area contributed by atoms with Gasteiger partial charge in [0.15, 0.2) is 5.78 Å². The Hall–Kier alpha value is -0.900. The van der Waals surface area contributed by atoms with E-state index in [1.54, 1.807) is 7.05 Å². The predicted octanol–water partition coefficient (Wildman–Crippen LogP) is -1.08. The Kier molecular flexibility index (Phi) is 1.48. The average molecular weight is 128 g/mol. The lowest BCUT2D eigenvalue weighted by molar-refractivity contribution is -0.136. The molecule has 0 bridgehead atoms. The van der Waals surface area contributed by atoms with E-state index in [-0.39, 0.29) is 18.1 Å². The molecule has 0 aromatic carbocycles. The standard InChI is InChI=1S/C5H8N2O2/c1-7-3-4(8)2-5(9)6-7/h2-3H2,1H3,(H,6,9). The molecular formula is C5H8N2O2. The Morgan fingerprint density at radius 2 is 2.22 bits per heavy atom. The summed E-state index contributed by atoms with van der Waals surface area (Å²) in [6.45, 7) is 0.325. The summed E-state index contributed by atoms with van der Waals surface area (Å²) < 4.78 is 0. The lowest BCUT2D eigenvalue weighted by Crippen LogP contribution is -2.48. The van der Waals surface area contributed by atoms with Crippen molar-refractivity contribution in [2.24, 2.45) is 0 Å². The van der Waals surface area contributed by atoms with Crippen LogP contribution in [0, 0.1) is 0 Å². The van der Waals surface area contributed by atoms with E-state index in [0.717, 1.165) is 0 Å². The fourth-order valence-electron chi connectivity index (χ4n) is 0.791. The Bertz CT molecular complexity index is 139. The molecule has 1 saturated heterocycles. The number of rotatable bonds is 0. The minimum atomic E-state index is -0.214. The summed E-state index contributed by atoms with van der Waals surface area (Å²) in [6.07, 6.45) is 0.0321. The van der Waals surface area contributed by atoms with Gasteiger partial charge in [0.2, 0.25) is 5.91 Å². The van der Waals surface area contributed by atoms with E-state index in [4.69, 9.17) is 0 Å². The maximum absolute atomic E-state index is 10.6. The van der Waals surface area contributed by atoms with Crippen molar-refractivity contribution < 1.29 is 9.59 Å². The third-order valence-electron chi connectivity index (χ3n) is 1.09. The maximum Gasteiger partial charge on any atom is 0.241 e. The van der Waals surface area contributed by atoms with Crippen LogP contribution >= 0.6 is 0 Å². The smallest absolute Gasteiger partial charge is 0.241 e. The van der Waals surface area contributed by atoms with E-state index >= 15 is 0 Å². The number of nitrogens with zero attached hydrogens (tertiary/aromatic N) is 1. The molecule has 0 aromatic rings. The zero-order valence-corrected chi connectivity index (χ0v) is 5.18. The van der Waals surface area contributed by atoms with Gasteiger partial charge >= 0.3 is 0 Å². The molecule has 1 rings (SSSR count). The van der Waals surface area contributed by atoms with E-state index in [0.29, 0.717) is 6.54 Å². The van der Waals surface area contributed by atoms with Crippen LogP contribution in [-0.4, -0.2) is 30.3 Å². The molecule has 4 nitrogen and oxygen atoms in total. The van der Waals surface area contributed by atoms with Gasteiger partial charge in [-0.05, 0) is 0 Å². The molecule has 1 heterocycles. The molecule has 0 aromatic heterocycles. The Morgan fingerprint density at radius 3 is 2.67 bits per heavy atom. The predicted molar refractivity (Wildman–Crippen MR) is 30.4 cm³/mol. The van der Waals surface area contributed by atoms with Gasteiger partial charge in [0.1, 0.15) is 0 Å². The molecule has 1 N–H and O–H groups in total. The molecule has 1 amide bonds. The average Bonchev–Trinajstić information content (AvgIpc) is 1.59. The Labute approximate surface area is 52.8 Å². The van der Waals surface area contributed by atoms with Gasteiger partial charge in [-0.2, -0.15) is 0 Å². The van der Waals surface area contributed by atoms with Gasteiger partial charge in [-0.15, -0.1) is 0 Å². The number of Topliss-reactive ketones (excluding diaryl/α,β-unsaturated/α-hetero) is 1. The quantitative estimate of drug-likeness (QED) is 0.422. The van der Waals surface area contributed by atoms with Gasteiger partial charge in [-0.3, -0.25) is 15.0 Å². The minimum absolute atomic E-state index is 0.0266. The van der Waals surface area contributed by atoms with E-state index < -0.39 is 0 Å². The molecule has 1 fully saturated rings. The van der Waals surface area contributed by atoms with Crippen LogP contribution in [0.5, 0.6) is 0 Å². The highest BCUT2D eigenvalue weighted by atomic mass is 16.2. The van der Waals surface area contributed by atoms with Crippen molar-refractivity contribution in [2.45, 2.75) is 6.42 Å². The Balaban J connectivity index is 2.53. The van der Waals surface area contributed by atoms with Crippen LogP contribution in [-0.2, 0) is 9.59 Å².